The summed E-state index contributed by atoms with van der Waals surface area (Å²) in [5.41, 5.74) is 0.757. The highest BCUT2D eigenvalue weighted by atomic mass is 16.6. The van der Waals surface area contributed by atoms with Gasteiger partial charge in [-0.25, -0.2) is 4.79 Å². The van der Waals surface area contributed by atoms with Gasteiger partial charge in [0.1, 0.15) is 12.7 Å². The maximum absolute atomic E-state index is 11.6. The van der Waals surface area contributed by atoms with Gasteiger partial charge in [0.15, 0.2) is 0 Å². The fourth-order valence-electron chi connectivity index (χ4n) is 2.38. The van der Waals surface area contributed by atoms with E-state index in [1.165, 1.54) is 6.42 Å². The van der Waals surface area contributed by atoms with Crippen LogP contribution in [0.3, 0.4) is 0 Å². The second kappa shape index (κ2) is 7.14. The number of alkyl carbamates (subject to hydrolysis) is 1. The number of carbonyl (C=O) groups excluding carboxylic acids is 1. The van der Waals surface area contributed by atoms with Crippen molar-refractivity contribution in [2.45, 2.75) is 44.2 Å². The zero-order valence-corrected chi connectivity index (χ0v) is 11.0. The Kier molecular flexibility index (Phi) is 5.21. The quantitative estimate of drug-likeness (QED) is 0.878. The molecule has 0 heterocycles. The minimum Gasteiger partial charge on any atom is -0.446 e. The third kappa shape index (κ3) is 4.56. The van der Waals surface area contributed by atoms with Crippen LogP contribution in [0.1, 0.15) is 43.8 Å². The maximum Gasteiger partial charge on any atom is 0.407 e. The summed E-state index contributed by atoms with van der Waals surface area (Å²) in [5, 5.41) is 12.7. The van der Waals surface area contributed by atoms with Crippen LogP contribution in [-0.2, 0) is 4.74 Å². The molecule has 4 nitrogen and oxygen atoms in total. The first-order valence-corrected chi connectivity index (χ1v) is 6.92. The van der Waals surface area contributed by atoms with Gasteiger partial charge in [-0.15, -0.1) is 0 Å². The standard InChI is InChI=1S/C15H21NO3/c17-14(12-7-3-1-4-8-12)11-19-15(18)16-13-9-5-2-6-10-13/h1,3-4,7-8,13-14,17H,2,5-6,9-11H2,(H,16,18). The highest BCUT2D eigenvalue weighted by molar-refractivity contribution is 5.67. The first-order valence-electron chi connectivity index (χ1n) is 6.92. The van der Waals surface area contributed by atoms with E-state index in [9.17, 15) is 9.90 Å². The molecule has 4 heteroatoms. The zero-order valence-electron chi connectivity index (χ0n) is 11.0. The van der Waals surface area contributed by atoms with Crippen LogP contribution in [0.15, 0.2) is 30.3 Å². The Morgan fingerprint density at radius 3 is 2.63 bits per heavy atom. The van der Waals surface area contributed by atoms with Gasteiger partial charge < -0.3 is 15.2 Å². The van der Waals surface area contributed by atoms with Crippen LogP contribution in [0.2, 0.25) is 0 Å². The highest BCUT2D eigenvalue weighted by Crippen LogP contribution is 2.17. The summed E-state index contributed by atoms with van der Waals surface area (Å²) >= 11 is 0. The minimum atomic E-state index is -0.765. The molecule has 0 saturated heterocycles. The van der Waals surface area contributed by atoms with Crippen molar-refractivity contribution in [2.24, 2.45) is 0 Å². The molecule has 2 N–H and O–H groups in total. The lowest BCUT2D eigenvalue weighted by atomic mass is 9.96. The number of ether oxygens (including phenoxy) is 1. The van der Waals surface area contributed by atoms with Crippen LogP contribution in [-0.4, -0.2) is 23.8 Å². The molecule has 1 atom stereocenters. The van der Waals surface area contributed by atoms with Crippen LogP contribution in [0, 0.1) is 0 Å². The number of amides is 1. The summed E-state index contributed by atoms with van der Waals surface area (Å²) in [5.74, 6) is 0. The molecule has 1 unspecified atom stereocenters. The van der Waals surface area contributed by atoms with Crippen molar-refractivity contribution in [3.8, 4) is 0 Å². The van der Waals surface area contributed by atoms with Crippen molar-refractivity contribution in [1.82, 2.24) is 5.32 Å². The number of aliphatic hydroxyl groups is 1. The van der Waals surface area contributed by atoms with E-state index >= 15 is 0 Å². The molecule has 1 saturated carbocycles. The van der Waals surface area contributed by atoms with Crippen LogP contribution in [0.5, 0.6) is 0 Å². The number of nitrogens with one attached hydrogen (secondary N) is 1. The molecule has 1 aliphatic carbocycles. The van der Waals surface area contributed by atoms with Crippen molar-refractivity contribution in [3.63, 3.8) is 0 Å². The lowest BCUT2D eigenvalue weighted by Gasteiger charge is -2.22. The fraction of sp³-hybridized carbons (Fsp3) is 0.533. The SMILES string of the molecule is O=C(NC1CCCCC1)OCC(O)c1ccccc1. The fourth-order valence-corrected chi connectivity index (χ4v) is 2.38. The van der Waals surface area contributed by atoms with E-state index in [4.69, 9.17) is 4.74 Å². The van der Waals surface area contributed by atoms with Gasteiger partial charge in [-0.3, -0.25) is 0 Å². The Morgan fingerprint density at radius 2 is 1.95 bits per heavy atom. The van der Waals surface area contributed by atoms with Crippen LogP contribution in [0.4, 0.5) is 4.79 Å². The predicted octanol–water partition coefficient (Wildman–Crippen LogP) is 2.78. The number of hydrogen-bond acceptors (Lipinski definition) is 3. The molecular weight excluding hydrogens is 242 g/mol. The van der Waals surface area contributed by atoms with Gasteiger partial charge in [0.05, 0.1) is 0 Å². The summed E-state index contributed by atoms with van der Waals surface area (Å²) in [4.78, 5) is 11.6. The summed E-state index contributed by atoms with van der Waals surface area (Å²) < 4.78 is 5.06. The number of aliphatic hydroxyl groups excluding tert-OH is 1. The van der Waals surface area contributed by atoms with Gasteiger partial charge in [-0.2, -0.15) is 0 Å². The Hall–Kier alpha value is -1.55. The van der Waals surface area contributed by atoms with Crippen molar-refractivity contribution in [1.29, 1.82) is 0 Å². The summed E-state index contributed by atoms with van der Waals surface area (Å²) in [6.45, 7) is -0.0113. The summed E-state index contributed by atoms with van der Waals surface area (Å²) in [7, 11) is 0. The van der Waals surface area contributed by atoms with E-state index in [1.54, 1.807) is 0 Å². The number of carbonyl (C=O) groups is 1. The second-order valence-electron chi connectivity index (χ2n) is 5.00. The number of rotatable bonds is 4. The zero-order chi connectivity index (χ0) is 13.5. The number of hydrogen-bond donors (Lipinski definition) is 2. The average Bonchev–Trinajstić information content (AvgIpc) is 2.47. The summed E-state index contributed by atoms with van der Waals surface area (Å²) in [6.07, 6.45) is 4.43. The van der Waals surface area contributed by atoms with Crippen LogP contribution >= 0.6 is 0 Å². The van der Waals surface area contributed by atoms with Gasteiger partial charge in [-0.1, -0.05) is 49.6 Å². The minimum absolute atomic E-state index is 0.0113. The van der Waals surface area contributed by atoms with Crippen molar-refractivity contribution in [2.75, 3.05) is 6.61 Å². The topological polar surface area (TPSA) is 58.6 Å². The lowest BCUT2D eigenvalue weighted by molar-refractivity contribution is 0.0657. The molecule has 2 rings (SSSR count). The Balaban J connectivity index is 1.71. The average molecular weight is 263 g/mol. The van der Waals surface area contributed by atoms with Crippen molar-refractivity contribution >= 4 is 6.09 Å². The molecule has 0 aromatic heterocycles. The molecule has 1 aromatic rings. The third-order valence-electron chi connectivity index (χ3n) is 3.48. The highest BCUT2D eigenvalue weighted by Gasteiger charge is 2.17. The van der Waals surface area contributed by atoms with Gasteiger partial charge >= 0.3 is 6.09 Å². The normalized spacial score (nSPS) is 17.7. The van der Waals surface area contributed by atoms with Crippen LogP contribution < -0.4 is 5.32 Å². The largest absolute Gasteiger partial charge is 0.446 e. The molecule has 104 valence electrons. The first kappa shape index (κ1) is 13.9. The van der Waals surface area contributed by atoms with E-state index in [0.717, 1.165) is 31.2 Å². The van der Waals surface area contributed by atoms with Crippen molar-refractivity contribution < 1.29 is 14.6 Å². The van der Waals surface area contributed by atoms with Gasteiger partial charge in [0.2, 0.25) is 0 Å². The molecule has 1 aliphatic rings. The Bertz CT molecular complexity index is 388. The van der Waals surface area contributed by atoms with E-state index < -0.39 is 12.2 Å². The number of benzene rings is 1. The molecule has 0 bridgehead atoms. The lowest BCUT2D eigenvalue weighted by Crippen LogP contribution is -2.37. The molecule has 1 fully saturated rings. The van der Waals surface area contributed by atoms with E-state index in [1.807, 2.05) is 30.3 Å². The van der Waals surface area contributed by atoms with Gasteiger partial charge in [0, 0.05) is 6.04 Å². The molecule has 19 heavy (non-hydrogen) atoms. The van der Waals surface area contributed by atoms with Gasteiger partial charge in [-0.05, 0) is 18.4 Å². The summed E-state index contributed by atoms with van der Waals surface area (Å²) in [6, 6.07) is 9.43. The molecule has 1 amide bonds. The van der Waals surface area contributed by atoms with Gasteiger partial charge in [0.25, 0.3) is 0 Å². The molecule has 0 aliphatic heterocycles. The van der Waals surface area contributed by atoms with Crippen LogP contribution in [0.25, 0.3) is 0 Å². The third-order valence-corrected chi connectivity index (χ3v) is 3.48. The Morgan fingerprint density at radius 1 is 1.26 bits per heavy atom. The predicted molar refractivity (Wildman–Crippen MR) is 72.8 cm³/mol. The van der Waals surface area contributed by atoms with E-state index in [0.29, 0.717) is 0 Å². The second-order valence-corrected chi connectivity index (χ2v) is 5.00. The molecule has 1 aromatic carbocycles. The maximum atomic E-state index is 11.6. The monoisotopic (exact) mass is 263 g/mol. The first-order chi connectivity index (χ1) is 9.25. The van der Waals surface area contributed by atoms with E-state index in [2.05, 4.69) is 5.32 Å². The van der Waals surface area contributed by atoms with Crippen molar-refractivity contribution in [3.05, 3.63) is 35.9 Å². The molecular formula is C15H21NO3. The molecule has 0 spiro atoms. The smallest absolute Gasteiger partial charge is 0.407 e. The molecule has 0 radical (unpaired) electrons. The Labute approximate surface area is 113 Å². The van der Waals surface area contributed by atoms with E-state index in [-0.39, 0.29) is 12.6 Å².